The zero-order chi connectivity index (χ0) is 24.6. The Kier molecular flexibility index (Phi) is 22.0. The first-order valence-electron chi connectivity index (χ1n) is 10.9. The topological polar surface area (TPSA) is 48.6 Å². The Hall–Kier alpha value is -4.23. The third-order valence-corrected chi connectivity index (χ3v) is 4.12. The second kappa shape index (κ2) is 23.4. The van der Waals surface area contributed by atoms with Crippen molar-refractivity contribution in [1.82, 2.24) is 0 Å². The van der Waals surface area contributed by atoms with Gasteiger partial charge in [0.15, 0.2) is 0 Å². The third kappa shape index (κ3) is 19.7. The van der Waals surface area contributed by atoms with Crippen LogP contribution >= 0.6 is 0 Å². The highest BCUT2D eigenvalue weighted by atomic mass is 16.1. The van der Waals surface area contributed by atoms with Gasteiger partial charge < -0.3 is 10.3 Å². The van der Waals surface area contributed by atoms with Crippen molar-refractivity contribution in [3.63, 3.8) is 0 Å². The molecule has 1 aromatic carbocycles. The molecule has 0 bridgehead atoms. The fourth-order valence-corrected chi connectivity index (χ4v) is 2.56. The molecule has 0 aliphatic rings. The lowest BCUT2D eigenvalue weighted by Crippen LogP contribution is -1.95. The molecule has 2 N–H and O–H groups in total. The third-order valence-electron chi connectivity index (χ3n) is 4.12. The summed E-state index contributed by atoms with van der Waals surface area (Å²) in [5, 5.41) is 0. The molecular weight excluding hydrogens is 416 g/mol. The highest BCUT2D eigenvalue weighted by Crippen LogP contribution is 2.15. The molecular formula is C32H50O2. The van der Waals surface area contributed by atoms with Crippen LogP contribution in [0.3, 0.4) is 0 Å². The predicted molar refractivity (Wildman–Crippen MR) is 162 cm³/mol. The van der Waals surface area contributed by atoms with Crippen LogP contribution in [0.25, 0.3) is 0 Å². The zero-order valence-corrected chi connectivity index (χ0v) is 20.8. The molecule has 1 rings (SSSR count). The number of carbonyl (C=O) groups is 1. The molecule has 0 radical (unpaired) electrons. The summed E-state index contributed by atoms with van der Waals surface area (Å²) in [4.78, 5) is 10.4. The van der Waals surface area contributed by atoms with Crippen LogP contribution in [0.15, 0.2) is 18.2 Å². The van der Waals surface area contributed by atoms with Gasteiger partial charge in [-0.25, -0.2) is 0 Å². The maximum Gasteiger partial charge on any atom is 0.120 e. The molecule has 0 amide bonds. The van der Waals surface area contributed by atoms with Gasteiger partial charge in [-0.15, -0.1) is 0 Å². The van der Waals surface area contributed by atoms with Crippen molar-refractivity contribution in [3.05, 3.63) is 34.9 Å². The van der Waals surface area contributed by atoms with Gasteiger partial charge in [-0.2, -0.15) is 0 Å². The van der Waals surface area contributed by atoms with E-state index in [4.69, 9.17) is 0 Å². The van der Waals surface area contributed by atoms with E-state index in [-0.39, 0.29) is 18.3 Å². The SMILES string of the molecule is CC#CC#CC#CC#CC#CC#CC#CC.Cc1cc(CCCC(C)C)ccc1CCC=O.O.[HH].[HH].[HH].[HH].[HH].[HH].[HH].[HH].[HH]. The van der Waals surface area contributed by atoms with Crippen molar-refractivity contribution in [2.75, 3.05) is 0 Å². The highest BCUT2D eigenvalue weighted by molar-refractivity contribution is 5.50. The quantitative estimate of drug-likeness (QED) is 0.332. The van der Waals surface area contributed by atoms with E-state index in [1.165, 1.54) is 36.0 Å². The smallest absolute Gasteiger partial charge is 0.120 e. The van der Waals surface area contributed by atoms with E-state index >= 15 is 0 Å². The van der Waals surface area contributed by atoms with Crippen molar-refractivity contribution in [2.45, 2.75) is 66.7 Å². The zero-order valence-electron chi connectivity index (χ0n) is 20.8. The molecule has 0 saturated carbocycles. The number of carbonyl (C=O) groups excluding carboxylic acids is 1. The Morgan fingerprint density at radius 2 is 1.26 bits per heavy atom. The molecule has 2 nitrogen and oxygen atoms in total. The number of benzene rings is 1. The number of hydrogen-bond acceptors (Lipinski definition) is 1. The lowest BCUT2D eigenvalue weighted by Gasteiger charge is -2.08. The van der Waals surface area contributed by atoms with Gasteiger partial charge in [-0.1, -0.05) is 50.3 Å². The van der Waals surface area contributed by atoms with Crippen LogP contribution in [0.2, 0.25) is 0 Å². The molecule has 0 fully saturated rings. The molecule has 0 spiro atoms. The predicted octanol–water partition coefficient (Wildman–Crippen LogP) is 6.54. The minimum Gasteiger partial charge on any atom is -0.412 e. The van der Waals surface area contributed by atoms with Gasteiger partial charge in [-0.3, -0.25) is 0 Å². The molecule has 1 aromatic rings. The first-order valence-corrected chi connectivity index (χ1v) is 10.9. The molecule has 0 aliphatic heterocycles. The van der Waals surface area contributed by atoms with Gasteiger partial charge in [0.05, 0.1) is 0 Å². The summed E-state index contributed by atoms with van der Waals surface area (Å²) >= 11 is 0. The molecule has 0 heterocycles. The van der Waals surface area contributed by atoms with Crippen LogP contribution in [0.5, 0.6) is 0 Å². The molecule has 190 valence electrons. The number of aryl methyl sites for hydroxylation is 3. The van der Waals surface area contributed by atoms with Crippen LogP contribution in [0.1, 0.15) is 76.5 Å². The normalized spacial score (nSPS) is 7.24. The highest BCUT2D eigenvalue weighted by Gasteiger charge is 2.01. The second-order valence-electron chi connectivity index (χ2n) is 7.25. The maximum absolute atomic E-state index is 10.4. The summed E-state index contributed by atoms with van der Waals surface area (Å²) in [7, 11) is 0. The first-order chi connectivity index (χ1) is 16.0. The van der Waals surface area contributed by atoms with Gasteiger partial charge in [-0.05, 0) is 134 Å². The summed E-state index contributed by atoms with van der Waals surface area (Å²) in [6.07, 6.45) is 6.24. The second-order valence-corrected chi connectivity index (χ2v) is 7.25. The fraction of sp³-hybridized carbons (Fsp3) is 0.344. The van der Waals surface area contributed by atoms with E-state index < -0.39 is 0 Å². The van der Waals surface area contributed by atoms with Crippen LogP contribution in [-0.2, 0) is 17.6 Å². The Labute approximate surface area is 220 Å². The Bertz CT molecular complexity index is 1170. The lowest BCUT2D eigenvalue weighted by molar-refractivity contribution is -0.107. The summed E-state index contributed by atoms with van der Waals surface area (Å²) in [6, 6.07) is 6.68. The minimum atomic E-state index is 0. The lowest BCUT2D eigenvalue weighted by atomic mass is 9.97. The van der Waals surface area contributed by atoms with E-state index in [0.717, 1.165) is 18.6 Å². The summed E-state index contributed by atoms with van der Waals surface area (Å²) < 4.78 is 0. The number of hydrogen-bond donors (Lipinski definition) is 0. The van der Waals surface area contributed by atoms with Gasteiger partial charge >= 0.3 is 0 Å². The Morgan fingerprint density at radius 3 is 1.65 bits per heavy atom. The van der Waals surface area contributed by atoms with Crippen LogP contribution in [0.4, 0.5) is 0 Å². The first kappa shape index (κ1) is 32.0. The average molecular weight is 467 g/mol. The Morgan fingerprint density at radius 1 is 0.794 bits per heavy atom. The van der Waals surface area contributed by atoms with Gasteiger partial charge in [0.2, 0.25) is 0 Å². The molecule has 2 heteroatoms. The van der Waals surface area contributed by atoms with E-state index in [9.17, 15) is 4.79 Å². The van der Waals surface area contributed by atoms with E-state index in [1.54, 1.807) is 13.8 Å². The van der Waals surface area contributed by atoms with E-state index in [0.29, 0.717) is 6.42 Å². The van der Waals surface area contributed by atoms with Gasteiger partial charge in [0, 0.05) is 19.3 Å². The Balaban J connectivity index is -0.0000000430. The molecule has 0 aromatic heterocycles. The largest absolute Gasteiger partial charge is 0.412 e. The minimum absolute atomic E-state index is 0. The molecule has 34 heavy (non-hydrogen) atoms. The van der Waals surface area contributed by atoms with Crippen molar-refractivity contribution >= 4 is 6.29 Å². The van der Waals surface area contributed by atoms with Crippen molar-refractivity contribution < 1.29 is 23.1 Å². The molecule has 0 unspecified atom stereocenters. The maximum atomic E-state index is 10.4. The molecule has 0 atom stereocenters. The van der Waals surface area contributed by atoms with Crippen LogP contribution in [0, 0.1) is 95.7 Å². The summed E-state index contributed by atoms with van der Waals surface area (Å²) in [6.45, 7) is 10.1. The summed E-state index contributed by atoms with van der Waals surface area (Å²) in [5.41, 5.74) is 4.07. The van der Waals surface area contributed by atoms with Crippen molar-refractivity contribution in [2.24, 2.45) is 5.92 Å². The monoisotopic (exact) mass is 466 g/mol. The number of aldehydes is 1. The molecule has 0 aliphatic carbocycles. The fourth-order valence-electron chi connectivity index (χ4n) is 2.56. The van der Waals surface area contributed by atoms with Crippen molar-refractivity contribution in [1.29, 1.82) is 0 Å². The number of rotatable bonds is 7. The van der Waals surface area contributed by atoms with Crippen molar-refractivity contribution in [3.8, 4) is 82.9 Å². The van der Waals surface area contributed by atoms with E-state index in [2.05, 4.69) is 122 Å². The van der Waals surface area contributed by atoms with E-state index in [1.807, 2.05) is 0 Å². The standard InChI is InChI=1S/C16H24O.C16H6.H2O.9H2/c1-13(2)6-4-7-15-9-10-16(8-5-11-17)14(3)12-15;1-3-5-7-9-11-13-15-16-14-12-10-8-6-4-2;;;;;;;;;;/h9-13H,4-8H2,1-3H3;1-2H3;1H2;9*1H. The van der Waals surface area contributed by atoms with Gasteiger partial charge in [0.25, 0.3) is 0 Å². The van der Waals surface area contributed by atoms with Gasteiger partial charge in [0.1, 0.15) is 6.29 Å². The average Bonchev–Trinajstić information content (AvgIpc) is 2.79. The van der Waals surface area contributed by atoms with Crippen LogP contribution in [-0.4, -0.2) is 11.8 Å². The molecule has 0 saturated heterocycles. The summed E-state index contributed by atoms with van der Waals surface area (Å²) in [5.74, 6) is 36.4. The van der Waals surface area contributed by atoms with Crippen LogP contribution < -0.4 is 0 Å².